The Labute approximate surface area is 119 Å². The summed E-state index contributed by atoms with van der Waals surface area (Å²) in [6.07, 6.45) is -4.34. The van der Waals surface area contributed by atoms with E-state index >= 15 is 0 Å². The molecule has 0 atom stereocenters. The minimum Gasteiger partial charge on any atom is -0.396 e. The van der Waals surface area contributed by atoms with Crippen molar-refractivity contribution < 1.29 is 13.2 Å². The van der Waals surface area contributed by atoms with Crippen LogP contribution in [0.4, 0.5) is 24.5 Å². The van der Waals surface area contributed by atoms with E-state index in [1.54, 1.807) is 24.3 Å². The van der Waals surface area contributed by atoms with Crippen LogP contribution in [0.2, 0.25) is 5.02 Å². The summed E-state index contributed by atoms with van der Waals surface area (Å²) < 4.78 is 37.8. The maximum Gasteiger partial charge on any atom is 0.416 e. The Bertz CT molecular complexity index is 612. The van der Waals surface area contributed by atoms with Crippen LogP contribution in [-0.2, 0) is 12.7 Å². The van der Waals surface area contributed by atoms with Crippen molar-refractivity contribution in [3.05, 3.63) is 58.6 Å². The Morgan fingerprint density at radius 3 is 2.50 bits per heavy atom. The van der Waals surface area contributed by atoms with E-state index in [1.807, 2.05) is 0 Å². The largest absolute Gasteiger partial charge is 0.416 e. The number of nitrogen functional groups attached to an aromatic ring is 1. The third kappa shape index (κ3) is 3.36. The van der Waals surface area contributed by atoms with Gasteiger partial charge in [-0.15, -0.1) is 0 Å². The van der Waals surface area contributed by atoms with E-state index in [0.717, 1.165) is 12.1 Å². The molecule has 106 valence electrons. The maximum atomic E-state index is 12.6. The van der Waals surface area contributed by atoms with Crippen LogP contribution in [0.3, 0.4) is 0 Å². The molecule has 0 spiro atoms. The van der Waals surface area contributed by atoms with Crippen molar-refractivity contribution in [1.82, 2.24) is 0 Å². The number of para-hydroxylation sites is 1. The van der Waals surface area contributed by atoms with E-state index in [1.165, 1.54) is 6.07 Å². The molecule has 0 aromatic heterocycles. The highest BCUT2D eigenvalue weighted by Crippen LogP contribution is 2.30. The first-order valence-electron chi connectivity index (χ1n) is 5.82. The molecule has 0 aliphatic rings. The monoisotopic (exact) mass is 300 g/mol. The van der Waals surface area contributed by atoms with Gasteiger partial charge in [-0.25, -0.2) is 0 Å². The average Bonchev–Trinajstić information content (AvgIpc) is 2.40. The highest BCUT2D eigenvalue weighted by molar-refractivity contribution is 6.33. The smallest absolute Gasteiger partial charge is 0.396 e. The van der Waals surface area contributed by atoms with Crippen LogP contribution in [-0.4, -0.2) is 0 Å². The number of hydrogen-bond acceptors (Lipinski definition) is 2. The fourth-order valence-corrected chi connectivity index (χ4v) is 1.92. The zero-order chi connectivity index (χ0) is 14.8. The van der Waals surface area contributed by atoms with Crippen molar-refractivity contribution >= 4 is 23.0 Å². The zero-order valence-electron chi connectivity index (χ0n) is 10.3. The molecule has 2 nitrogen and oxygen atoms in total. The Balaban J connectivity index is 2.13. The highest BCUT2D eigenvalue weighted by Gasteiger charge is 2.30. The van der Waals surface area contributed by atoms with Gasteiger partial charge < -0.3 is 11.1 Å². The molecule has 3 N–H and O–H groups in total. The molecule has 0 saturated carbocycles. The summed E-state index contributed by atoms with van der Waals surface area (Å²) in [5, 5.41) is 3.37. The average molecular weight is 301 g/mol. The molecule has 0 bridgehead atoms. The predicted octanol–water partition coefficient (Wildman–Crippen LogP) is 4.55. The molecular formula is C14H12ClF3N2. The molecule has 0 saturated heterocycles. The lowest BCUT2D eigenvalue weighted by atomic mass is 10.1. The summed E-state index contributed by atoms with van der Waals surface area (Å²) >= 11 is 5.87. The van der Waals surface area contributed by atoms with Crippen molar-refractivity contribution in [1.29, 1.82) is 0 Å². The van der Waals surface area contributed by atoms with Crippen LogP contribution >= 0.6 is 11.6 Å². The molecule has 0 unspecified atom stereocenters. The van der Waals surface area contributed by atoms with E-state index in [0.29, 0.717) is 22.0 Å². The van der Waals surface area contributed by atoms with E-state index in [9.17, 15) is 13.2 Å². The van der Waals surface area contributed by atoms with E-state index in [2.05, 4.69) is 5.32 Å². The van der Waals surface area contributed by atoms with Gasteiger partial charge in [0, 0.05) is 6.54 Å². The van der Waals surface area contributed by atoms with Crippen LogP contribution in [0, 0.1) is 0 Å². The van der Waals surface area contributed by atoms with Gasteiger partial charge in [-0.1, -0.05) is 29.8 Å². The summed E-state index contributed by atoms with van der Waals surface area (Å²) in [5.74, 6) is 0. The molecule has 20 heavy (non-hydrogen) atoms. The molecular weight excluding hydrogens is 289 g/mol. The van der Waals surface area contributed by atoms with Crippen LogP contribution in [0.25, 0.3) is 0 Å². The van der Waals surface area contributed by atoms with Crippen molar-refractivity contribution in [2.45, 2.75) is 12.7 Å². The van der Waals surface area contributed by atoms with Crippen molar-refractivity contribution in [2.75, 3.05) is 11.1 Å². The summed E-state index contributed by atoms with van der Waals surface area (Å²) in [7, 11) is 0. The molecule has 2 rings (SSSR count). The Hall–Kier alpha value is -1.88. The molecule has 0 fully saturated rings. The van der Waals surface area contributed by atoms with Gasteiger partial charge in [0.25, 0.3) is 0 Å². The van der Waals surface area contributed by atoms with Gasteiger partial charge >= 0.3 is 6.18 Å². The van der Waals surface area contributed by atoms with Crippen molar-refractivity contribution in [3.8, 4) is 0 Å². The number of halogens is 4. The fourth-order valence-electron chi connectivity index (χ4n) is 1.75. The summed E-state index contributed by atoms with van der Waals surface area (Å²) in [6.45, 7) is 0.231. The Morgan fingerprint density at radius 2 is 1.80 bits per heavy atom. The minimum atomic E-state index is -4.34. The van der Waals surface area contributed by atoms with Crippen molar-refractivity contribution in [2.24, 2.45) is 0 Å². The number of hydrogen-bond donors (Lipinski definition) is 2. The minimum absolute atomic E-state index is 0.231. The van der Waals surface area contributed by atoms with Crippen LogP contribution in [0.5, 0.6) is 0 Å². The molecule has 0 aliphatic heterocycles. The first-order chi connectivity index (χ1) is 9.38. The summed E-state index contributed by atoms with van der Waals surface area (Å²) in [6, 6.07) is 10.2. The standard InChI is InChI=1S/C14H12ClF3N2/c15-11-5-2-6-12(13(11)19)20-8-9-3-1-4-10(7-9)14(16,17)18/h1-7,20H,8,19H2. The van der Waals surface area contributed by atoms with Crippen LogP contribution < -0.4 is 11.1 Å². The number of anilines is 2. The fraction of sp³-hybridized carbons (Fsp3) is 0.143. The van der Waals surface area contributed by atoms with Gasteiger partial charge in [-0.3, -0.25) is 0 Å². The van der Waals surface area contributed by atoms with E-state index in [4.69, 9.17) is 17.3 Å². The van der Waals surface area contributed by atoms with Gasteiger partial charge in [-0.2, -0.15) is 13.2 Å². The first-order valence-corrected chi connectivity index (χ1v) is 6.20. The molecule has 0 radical (unpaired) electrons. The lowest BCUT2D eigenvalue weighted by Gasteiger charge is -2.12. The summed E-state index contributed by atoms with van der Waals surface area (Å²) in [5.41, 5.74) is 6.58. The second-order valence-electron chi connectivity index (χ2n) is 4.25. The van der Waals surface area contributed by atoms with E-state index < -0.39 is 11.7 Å². The molecule has 2 aromatic rings. The number of nitrogens with two attached hydrogens (primary N) is 1. The number of benzene rings is 2. The Morgan fingerprint density at radius 1 is 1.10 bits per heavy atom. The van der Waals surface area contributed by atoms with Crippen LogP contribution in [0.15, 0.2) is 42.5 Å². The van der Waals surface area contributed by atoms with Gasteiger partial charge in [0.05, 0.1) is 22.0 Å². The SMILES string of the molecule is Nc1c(Cl)cccc1NCc1cccc(C(F)(F)F)c1. The van der Waals surface area contributed by atoms with Gasteiger partial charge in [0.15, 0.2) is 0 Å². The molecule has 0 aliphatic carbocycles. The Kier molecular flexibility index (Phi) is 4.09. The van der Waals surface area contributed by atoms with Gasteiger partial charge in [0.1, 0.15) is 0 Å². The van der Waals surface area contributed by atoms with Crippen molar-refractivity contribution in [3.63, 3.8) is 0 Å². The molecule has 0 heterocycles. The zero-order valence-corrected chi connectivity index (χ0v) is 11.1. The second kappa shape index (κ2) is 5.63. The molecule has 2 aromatic carbocycles. The lowest BCUT2D eigenvalue weighted by Crippen LogP contribution is -2.07. The number of rotatable bonds is 3. The maximum absolute atomic E-state index is 12.6. The first kappa shape index (κ1) is 14.5. The predicted molar refractivity (Wildman–Crippen MR) is 74.6 cm³/mol. The van der Waals surface area contributed by atoms with E-state index in [-0.39, 0.29) is 6.54 Å². The number of alkyl halides is 3. The van der Waals surface area contributed by atoms with Gasteiger partial charge in [-0.05, 0) is 29.8 Å². The second-order valence-corrected chi connectivity index (χ2v) is 4.66. The van der Waals surface area contributed by atoms with Gasteiger partial charge in [0.2, 0.25) is 0 Å². The molecule has 0 amide bonds. The number of nitrogens with one attached hydrogen (secondary N) is 1. The quantitative estimate of drug-likeness (QED) is 0.816. The molecule has 6 heteroatoms. The summed E-state index contributed by atoms with van der Waals surface area (Å²) in [4.78, 5) is 0. The highest BCUT2D eigenvalue weighted by atomic mass is 35.5. The third-order valence-electron chi connectivity index (χ3n) is 2.79. The topological polar surface area (TPSA) is 38.0 Å². The van der Waals surface area contributed by atoms with Crippen LogP contribution in [0.1, 0.15) is 11.1 Å². The normalized spacial score (nSPS) is 11.4. The third-order valence-corrected chi connectivity index (χ3v) is 3.12. The lowest BCUT2D eigenvalue weighted by molar-refractivity contribution is -0.137.